The van der Waals surface area contributed by atoms with Gasteiger partial charge in [-0.1, -0.05) is 12.1 Å². The Kier molecular flexibility index (Phi) is 2.44. The van der Waals surface area contributed by atoms with E-state index >= 15 is 0 Å². The van der Waals surface area contributed by atoms with Crippen LogP contribution in [0, 0.1) is 0 Å². The number of fused-ring (bicyclic) bond motifs is 1. The third-order valence-electron chi connectivity index (χ3n) is 2.96. The first-order valence-electron chi connectivity index (χ1n) is 5.72. The summed E-state index contributed by atoms with van der Waals surface area (Å²) >= 11 is 0. The maximum absolute atomic E-state index is 5.54. The van der Waals surface area contributed by atoms with Crippen LogP contribution in [0.2, 0.25) is 0 Å². The van der Waals surface area contributed by atoms with Crippen molar-refractivity contribution in [1.82, 2.24) is 15.2 Å². The minimum atomic E-state index is 0.303. The number of anilines is 1. The van der Waals surface area contributed by atoms with Gasteiger partial charge in [-0.3, -0.25) is 5.10 Å². The van der Waals surface area contributed by atoms with E-state index in [1.165, 1.54) is 11.1 Å². The third kappa shape index (κ3) is 2.08. The lowest BCUT2D eigenvalue weighted by Gasteiger charge is -2.03. The minimum Gasteiger partial charge on any atom is -0.493 e. The number of benzene rings is 1. The predicted octanol–water partition coefficient (Wildman–Crippen LogP) is 1.11. The van der Waals surface area contributed by atoms with E-state index in [4.69, 9.17) is 10.5 Å². The molecule has 0 radical (unpaired) electrons. The van der Waals surface area contributed by atoms with Gasteiger partial charge in [0.05, 0.1) is 6.61 Å². The second-order valence-corrected chi connectivity index (χ2v) is 4.18. The maximum Gasteiger partial charge on any atom is 0.239 e. The van der Waals surface area contributed by atoms with Crippen LogP contribution >= 0.6 is 0 Å². The maximum atomic E-state index is 5.54. The molecule has 0 fully saturated rings. The van der Waals surface area contributed by atoms with Gasteiger partial charge in [0.1, 0.15) is 11.6 Å². The molecule has 2 aromatic rings. The van der Waals surface area contributed by atoms with Crippen LogP contribution < -0.4 is 10.5 Å². The number of rotatable bonds is 3. The highest BCUT2D eigenvalue weighted by Gasteiger charge is 2.12. The molecule has 0 atom stereocenters. The van der Waals surface area contributed by atoms with Crippen LogP contribution in [-0.4, -0.2) is 21.8 Å². The number of nitrogens with two attached hydrogens (primary N) is 1. The third-order valence-corrected chi connectivity index (χ3v) is 2.96. The Morgan fingerprint density at radius 1 is 1.35 bits per heavy atom. The van der Waals surface area contributed by atoms with Gasteiger partial charge in [-0.25, -0.2) is 0 Å². The molecule has 17 heavy (non-hydrogen) atoms. The fourth-order valence-corrected chi connectivity index (χ4v) is 2.05. The first-order chi connectivity index (χ1) is 8.31. The zero-order valence-electron chi connectivity index (χ0n) is 9.44. The monoisotopic (exact) mass is 230 g/mol. The average Bonchev–Trinajstić information content (AvgIpc) is 2.94. The highest BCUT2D eigenvalue weighted by atomic mass is 16.5. The van der Waals surface area contributed by atoms with Gasteiger partial charge in [0, 0.05) is 12.8 Å². The van der Waals surface area contributed by atoms with Crippen molar-refractivity contribution in [2.75, 3.05) is 12.3 Å². The molecule has 0 saturated carbocycles. The van der Waals surface area contributed by atoms with E-state index in [0.717, 1.165) is 37.4 Å². The number of nitrogen functional groups attached to an aromatic ring is 1. The summed E-state index contributed by atoms with van der Waals surface area (Å²) in [6.07, 6.45) is 2.74. The standard InChI is InChI=1S/C12H14N4O/c13-12-14-11(15-16-12)4-2-8-1-3-9-5-6-17-10(9)7-8/h1,3,7H,2,4-6H2,(H3,13,14,15,16). The Morgan fingerprint density at radius 2 is 2.29 bits per heavy atom. The van der Waals surface area contributed by atoms with E-state index in [9.17, 15) is 0 Å². The van der Waals surface area contributed by atoms with Crippen LogP contribution in [0.3, 0.4) is 0 Å². The van der Waals surface area contributed by atoms with Crippen molar-refractivity contribution in [1.29, 1.82) is 0 Å². The Labute approximate surface area is 99.0 Å². The van der Waals surface area contributed by atoms with Gasteiger partial charge in [-0.2, -0.15) is 4.98 Å². The molecule has 3 N–H and O–H groups in total. The van der Waals surface area contributed by atoms with Crippen molar-refractivity contribution in [3.8, 4) is 5.75 Å². The van der Waals surface area contributed by atoms with Crippen molar-refractivity contribution >= 4 is 5.95 Å². The second kappa shape index (κ2) is 4.08. The molecule has 0 bridgehead atoms. The number of aromatic nitrogens is 3. The SMILES string of the molecule is Nc1n[nH]c(CCc2ccc3c(c2)OCC3)n1. The summed E-state index contributed by atoms with van der Waals surface area (Å²) in [4.78, 5) is 4.08. The van der Waals surface area contributed by atoms with Crippen molar-refractivity contribution in [3.05, 3.63) is 35.2 Å². The van der Waals surface area contributed by atoms with E-state index in [1.54, 1.807) is 0 Å². The molecule has 5 nitrogen and oxygen atoms in total. The molecule has 2 heterocycles. The average molecular weight is 230 g/mol. The minimum absolute atomic E-state index is 0.303. The summed E-state index contributed by atoms with van der Waals surface area (Å²) in [6.45, 7) is 0.803. The molecule has 1 aromatic carbocycles. The molecular weight excluding hydrogens is 216 g/mol. The molecule has 0 amide bonds. The zero-order valence-corrected chi connectivity index (χ0v) is 9.44. The van der Waals surface area contributed by atoms with E-state index in [1.807, 2.05) is 0 Å². The van der Waals surface area contributed by atoms with E-state index in [-0.39, 0.29) is 0 Å². The molecular formula is C12H14N4O. The highest BCUT2D eigenvalue weighted by Crippen LogP contribution is 2.26. The molecule has 88 valence electrons. The molecule has 1 aliphatic heterocycles. The summed E-state index contributed by atoms with van der Waals surface area (Å²) in [6, 6.07) is 6.40. The smallest absolute Gasteiger partial charge is 0.239 e. The van der Waals surface area contributed by atoms with Gasteiger partial charge in [0.2, 0.25) is 5.95 Å². The van der Waals surface area contributed by atoms with Crippen molar-refractivity contribution in [2.24, 2.45) is 0 Å². The van der Waals surface area contributed by atoms with Crippen LogP contribution in [0.25, 0.3) is 0 Å². The molecule has 0 unspecified atom stereocenters. The topological polar surface area (TPSA) is 76.8 Å². The summed E-state index contributed by atoms with van der Waals surface area (Å²) in [5.74, 6) is 2.15. The van der Waals surface area contributed by atoms with Gasteiger partial charge in [-0.05, 0) is 23.6 Å². The molecule has 1 aliphatic rings. The zero-order chi connectivity index (χ0) is 11.7. The lowest BCUT2D eigenvalue weighted by atomic mass is 10.1. The van der Waals surface area contributed by atoms with Gasteiger partial charge >= 0.3 is 0 Å². The van der Waals surface area contributed by atoms with Gasteiger partial charge in [0.15, 0.2) is 0 Å². The quantitative estimate of drug-likeness (QED) is 0.828. The van der Waals surface area contributed by atoms with Crippen molar-refractivity contribution < 1.29 is 4.74 Å². The number of nitrogens with one attached hydrogen (secondary N) is 1. The second-order valence-electron chi connectivity index (χ2n) is 4.18. The summed E-state index contributed by atoms with van der Waals surface area (Å²) in [5, 5.41) is 6.61. The lowest BCUT2D eigenvalue weighted by Crippen LogP contribution is -1.94. The first kappa shape index (κ1) is 10.1. The van der Waals surface area contributed by atoms with Crippen molar-refractivity contribution in [3.63, 3.8) is 0 Å². The summed E-state index contributed by atoms with van der Waals surface area (Å²) < 4.78 is 5.54. The number of hydrogen-bond donors (Lipinski definition) is 2. The first-order valence-corrected chi connectivity index (χ1v) is 5.72. The number of hydrogen-bond acceptors (Lipinski definition) is 4. The van der Waals surface area contributed by atoms with Crippen LogP contribution in [-0.2, 0) is 19.3 Å². The van der Waals surface area contributed by atoms with Crippen molar-refractivity contribution in [2.45, 2.75) is 19.3 Å². The predicted molar refractivity (Wildman–Crippen MR) is 63.8 cm³/mol. The van der Waals surface area contributed by atoms with Crippen LogP contribution in [0.1, 0.15) is 17.0 Å². The largest absolute Gasteiger partial charge is 0.493 e. The lowest BCUT2D eigenvalue weighted by molar-refractivity contribution is 0.356. The van der Waals surface area contributed by atoms with Crippen LogP contribution in [0.15, 0.2) is 18.2 Å². The molecule has 1 aromatic heterocycles. The molecule has 0 aliphatic carbocycles. The van der Waals surface area contributed by atoms with E-state index in [2.05, 4.69) is 33.4 Å². The Balaban J connectivity index is 1.69. The van der Waals surface area contributed by atoms with Crippen LogP contribution in [0.4, 0.5) is 5.95 Å². The Morgan fingerprint density at radius 3 is 3.12 bits per heavy atom. The number of H-pyrrole nitrogens is 1. The van der Waals surface area contributed by atoms with Gasteiger partial charge in [-0.15, -0.1) is 5.10 Å². The fraction of sp³-hybridized carbons (Fsp3) is 0.333. The van der Waals surface area contributed by atoms with Crippen LogP contribution in [0.5, 0.6) is 5.75 Å². The van der Waals surface area contributed by atoms with E-state index < -0.39 is 0 Å². The number of nitrogens with zero attached hydrogens (tertiary/aromatic N) is 2. The normalized spacial score (nSPS) is 13.4. The Bertz CT molecular complexity index is 535. The molecule has 3 rings (SSSR count). The van der Waals surface area contributed by atoms with Gasteiger partial charge < -0.3 is 10.5 Å². The summed E-state index contributed by atoms with van der Waals surface area (Å²) in [5.41, 5.74) is 8.00. The molecule has 0 spiro atoms. The molecule has 5 heteroatoms. The number of aryl methyl sites for hydroxylation is 2. The number of aromatic amines is 1. The number of ether oxygens (including phenoxy) is 1. The van der Waals surface area contributed by atoms with E-state index in [0.29, 0.717) is 5.95 Å². The van der Waals surface area contributed by atoms with Gasteiger partial charge in [0.25, 0.3) is 0 Å². The molecule has 0 saturated heterocycles. The Hall–Kier alpha value is -2.04. The highest BCUT2D eigenvalue weighted by molar-refractivity contribution is 5.40. The fourth-order valence-electron chi connectivity index (χ4n) is 2.05. The summed E-state index contributed by atoms with van der Waals surface area (Å²) in [7, 11) is 0.